The first kappa shape index (κ1) is 30.9. The van der Waals surface area contributed by atoms with Crippen LogP contribution in [-0.4, -0.2) is 42.2 Å². The highest BCUT2D eigenvalue weighted by Crippen LogP contribution is 2.36. The third-order valence-corrected chi connectivity index (χ3v) is 7.67. The minimum atomic E-state index is -4.52. The SMILES string of the molecule is CCc1cc(Cl)ccc1N(CC(F)(F)F)c1ccc(C(=O)c2ccc(C(=O)c3ccc(OC)cc3)c(C(=O)C3CC3)c2)nc1. The summed E-state index contributed by atoms with van der Waals surface area (Å²) in [6, 6.07) is 18.2. The van der Waals surface area contributed by atoms with Crippen molar-refractivity contribution in [3.8, 4) is 5.75 Å². The van der Waals surface area contributed by atoms with E-state index in [1.807, 2.05) is 6.92 Å². The lowest BCUT2D eigenvalue weighted by atomic mass is 9.91. The Labute approximate surface area is 257 Å². The fourth-order valence-electron chi connectivity index (χ4n) is 4.97. The van der Waals surface area contributed by atoms with Gasteiger partial charge in [0.1, 0.15) is 18.0 Å². The highest BCUT2D eigenvalue weighted by atomic mass is 35.5. The van der Waals surface area contributed by atoms with E-state index in [0.717, 1.165) is 4.90 Å². The molecule has 0 atom stereocenters. The zero-order valence-corrected chi connectivity index (χ0v) is 24.7. The molecule has 1 aromatic heterocycles. The average molecular weight is 621 g/mol. The van der Waals surface area contributed by atoms with Crippen LogP contribution in [0.5, 0.6) is 5.75 Å². The predicted octanol–water partition coefficient (Wildman–Crippen LogP) is 8.06. The molecule has 226 valence electrons. The van der Waals surface area contributed by atoms with Gasteiger partial charge in [0, 0.05) is 38.9 Å². The number of ether oxygens (including phenoxy) is 1. The van der Waals surface area contributed by atoms with Crippen LogP contribution >= 0.6 is 11.6 Å². The van der Waals surface area contributed by atoms with Crippen LogP contribution in [0, 0.1) is 5.92 Å². The molecule has 0 N–H and O–H groups in total. The third kappa shape index (κ3) is 6.83. The van der Waals surface area contributed by atoms with E-state index in [2.05, 4.69) is 4.98 Å². The molecule has 44 heavy (non-hydrogen) atoms. The van der Waals surface area contributed by atoms with Crippen LogP contribution in [0.3, 0.4) is 0 Å². The van der Waals surface area contributed by atoms with Crippen LogP contribution in [0.15, 0.2) is 79.0 Å². The maximum absolute atomic E-state index is 13.6. The Morgan fingerprint density at radius 3 is 2.20 bits per heavy atom. The molecule has 1 heterocycles. The van der Waals surface area contributed by atoms with Crippen molar-refractivity contribution in [2.24, 2.45) is 5.92 Å². The molecule has 0 spiro atoms. The normalized spacial score (nSPS) is 13.0. The number of nitrogens with zero attached hydrogens (tertiary/aromatic N) is 2. The maximum Gasteiger partial charge on any atom is 0.406 e. The molecule has 5 rings (SSSR count). The van der Waals surface area contributed by atoms with Gasteiger partial charge in [-0.15, -0.1) is 0 Å². The van der Waals surface area contributed by atoms with E-state index in [1.54, 1.807) is 30.3 Å². The summed E-state index contributed by atoms with van der Waals surface area (Å²) in [4.78, 5) is 45.3. The standard InChI is InChI=1S/C34H28ClF3N2O4/c1-3-20-16-24(35)9-15-30(20)40(19-34(36,37)38)25-10-14-29(39-18-25)33(43)23-8-13-27(28(17-23)32(42)21-4-5-21)31(41)22-6-11-26(44-2)12-7-22/h6-18,21H,3-5,19H2,1-2H3. The van der Waals surface area contributed by atoms with Gasteiger partial charge in [-0.2, -0.15) is 13.2 Å². The molecule has 10 heteroatoms. The lowest BCUT2D eigenvalue weighted by Gasteiger charge is -2.28. The number of benzene rings is 3. The zero-order valence-electron chi connectivity index (χ0n) is 24.0. The van der Waals surface area contributed by atoms with E-state index in [4.69, 9.17) is 16.3 Å². The van der Waals surface area contributed by atoms with Crippen LogP contribution in [0.1, 0.15) is 67.7 Å². The van der Waals surface area contributed by atoms with Gasteiger partial charge >= 0.3 is 6.18 Å². The van der Waals surface area contributed by atoms with Gasteiger partial charge in [0.2, 0.25) is 5.78 Å². The van der Waals surface area contributed by atoms with Crippen LogP contribution in [-0.2, 0) is 6.42 Å². The lowest BCUT2D eigenvalue weighted by molar-refractivity contribution is -0.118. The number of methoxy groups -OCH3 is 1. The van der Waals surface area contributed by atoms with Gasteiger partial charge in [0.05, 0.1) is 19.0 Å². The Balaban J connectivity index is 1.46. The van der Waals surface area contributed by atoms with Crippen molar-refractivity contribution < 1.29 is 32.3 Å². The molecular formula is C34H28ClF3N2O4. The molecule has 1 aliphatic rings. The topological polar surface area (TPSA) is 76.6 Å². The van der Waals surface area contributed by atoms with E-state index in [-0.39, 0.29) is 45.6 Å². The smallest absolute Gasteiger partial charge is 0.406 e. The van der Waals surface area contributed by atoms with Crippen molar-refractivity contribution >= 4 is 40.3 Å². The summed E-state index contributed by atoms with van der Waals surface area (Å²) >= 11 is 6.08. The van der Waals surface area contributed by atoms with Gasteiger partial charge in [0.25, 0.3) is 0 Å². The number of anilines is 2. The fraction of sp³-hybridized carbons (Fsp3) is 0.235. The number of aryl methyl sites for hydroxylation is 1. The zero-order chi connectivity index (χ0) is 31.6. The number of carbonyl (C=O) groups is 3. The molecule has 0 bridgehead atoms. The average Bonchev–Trinajstić information content (AvgIpc) is 3.88. The third-order valence-electron chi connectivity index (χ3n) is 7.44. The second-order valence-electron chi connectivity index (χ2n) is 10.5. The van der Waals surface area contributed by atoms with Crippen LogP contribution in [0.25, 0.3) is 0 Å². The molecule has 0 unspecified atom stereocenters. The van der Waals surface area contributed by atoms with Crippen molar-refractivity contribution in [2.75, 3.05) is 18.6 Å². The first-order valence-electron chi connectivity index (χ1n) is 14.0. The number of aromatic nitrogens is 1. The van der Waals surface area contributed by atoms with Gasteiger partial charge in [-0.25, -0.2) is 0 Å². The van der Waals surface area contributed by atoms with Crippen molar-refractivity contribution in [1.82, 2.24) is 4.98 Å². The number of hydrogen-bond acceptors (Lipinski definition) is 6. The molecular weight excluding hydrogens is 593 g/mol. The molecule has 0 aliphatic heterocycles. The summed E-state index contributed by atoms with van der Waals surface area (Å²) in [5.41, 5.74) is 1.91. The van der Waals surface area contributed by atoms with E-state index >= 15 is 0 Å². The van der Waals surface area contributed by atoms with Crippen molar-refractivity contribution in [2.45, 2.75) is 32.4 Å². The summed E-state index contributed by atoms with van der Waals surface area (Å²) in [6.45, 7) is 0.548. The first-order valence-corrected chi connectivity index (χ1v) is 14.4. The van der Waals surface area contributed by atoms with Crippen LogP contribution in [0.2, 0.25) is 5.02 Å². The van der Waals surface area contributed by atoms with Gasteiger partial charge in [-0.1, -0.05) is 24.6 Å². The Kier molecular flexibility index (Phi) is 8.87. The molecule has 0 amide bonds. The van der Waals surface area contributed by atoms with Crippen molar-refractivity contribution in [3.05, 3.63) is 118 Å². The van der Waals surface area contributed by atoms with E-state index in [0.29, 0.717) is 46.8 Å². The van der Waals surface area contributed by atoms with Gasteiger partial charge < -0.3 is 9.64 Å². The number of ketones is 3. The lowest BCUT2D eigenvalue weighted by Crippen LogP contribution is -2.31. The maximum atomic E-state index is 13.6. The quantitative estimate of drug-likeness (QED) is 0.158. The molecule has 4 aromatic rings. The number of hydrogen-bond donors (Lipinski definition) is 0. The Morgan fingerprint density at radius 1 is 0.909 bits per heavy atom. The minimum absolute atomic E-state index is 0.0217. The molecule has 1 aliphatic carbocycles. The van der Waals surface area contributed by atoms with Crippen LogP contribution < -0.4 is 9.64 Å². The number of halogens is 4. The summed E-state index contributed by atoms with van der Waals surface area (Å²) in [6.07, 6.45) is -1.44. The number of pyridine rings is 1. The Morgan fingerprint density at radius 2 is 1.61 bits per heavy atom. The predicted molar refractivity (Wildman–Crippen MR) is 161 cm³/mol. The number of carbonyl (C=O) groups excluding carboxylic acids is 3. The second kappa shape index (κ2) is 12.6. The van der Waals surface area contributed by atoms with E-state index in [1.165, 1.54) is 55.8 Å². The molecule has 0 radical (unpaired) electrons. The monoisotopic (exact) mass is 620 g/mol. The molecule has 1 saturated carbocycles. The molecule has 3 aromatic carbocycles. The first-order chi connectivity index (χ1) is 21.0. The fourth-order valence-corrected chi connectivity index (χ4v) is 5.17. The number of rotatable bonds is 11. The summed E-state index contributed by atoms with van der Waals surface area (Å²) in [5.74, 6) is -0.738. The van der Waals surface area contributed by atoms with Gasteiger partial charge in [0.15, 0.2) is 11.6 Å². The largest absolute Gasteiger partial charge is 0.497 e. The van der Waals surface area contributed by atoms with E-state index < -0.39 is 18.5 Å². The van der Waals surface area contributed by atoms with Crippen molar-refractivity contribution in [1.29, 1.82) is 0 Å². The summed E-state index contributed by atoms with van der Waals surface area (Å²) in [7, 11) is 1.52. The Hall–Kier alpha value is -4.50. The summed E-state index contributed by atoms with van der Waals surface area (Å²) < 4.78 is 46.0. The second-order valence-corrected chi connectivity index (χ2v) is 11.0. The minimum Gasteiger partial charge on any atom is -0.497 e. The highest BCUT2D eigenvalue weighted by molar-refractivity contribution is 6.30. The summed E-state index contributed by atoms with van der Waals surface area (Å²) in [5, 5.41) is 0.410. The van der Waals surface area contributed by atoms with Crippen LogP contribution in [0.4, 0.5) is 24.5 Å². The number of alkyl halides is 3. The Bertz CT molecular complexity index is 1720. The number of Topliss-reactive ketones (excluding diaryl/α,β-unsaturated/α-hetero) is 1. The molecule has 6 nitrogen and oxygen atoms in total. The molecule has 1 fully saturated rings. The van der Waals surface area contributed by atoms with E-state index in [9.17, 15) is 27.6 Å². The van der Waals surface area contributed by atoms with Crippen molar-refractivity contribution in [3.63, 3.8) is 0 Å². The molecule has 0 saturated heterocycles. The van der Waals surface area contributed by atoms with Gasteiger partial charge in [-0.3, -0.25) is 19.4 Å². The highest BCUT2D eigenvalue weighted by Gasteiger charge is 2.34. The van der Waals surface area contributed by atoms with Gasteiger partial charge in [-0.05, 0) is 91.6 Å².